The standard InChI is InChI=1S/C20H24FN5O3S/c1-20(2)10-26-18(29-20)16(9-23-26)30(22,28)25-19(27)24-17-14-5-3-4-11(14)6-12-7-13(21)8-15(12)17/h6,9,13H,3-5,7-8,10H2,1-2H3,(H3,22,24,25,27,28)/t13-,30?/m1/s1. The van der Waals surface area contributed by atoms with E-state index in [4.69, 9.17) is 9.88 Å². The SMILES string of the molecule is CC1(C)Cn2ncc(S(N)(=O)=NC(=O)Nc3c4c(cc5c3C[C@H](F)C5)CCC4)c2O1. The van der Waals surface area contributed by atoms with Crippen LogP contribution in [0, 0.1) is 0 Å². The fraction of sp³-hybridized carbons (Fsp3) is 0.500. The van der Waals surface area contributed by atoms with E-state index in [9.17, 15) is 13.4 Å². The van der Waals surface area contributed by atoms with Crippen LogP contribution < -0.4 is 15.2 Å². The van der Waals surface area contributed by atoms with E-state index in [1.54, 1.807) is 4.68 Å². The molecule has 2 heterocycles. The van der Waals surface area contributed by atoms with E-state index < -0.39 is 27.7 Å². The summed E-state index contributed by atoms with van der Waals surface area (Å²) in [5.74, 6) is 0.269. The lowest BCUT2D eigenvalue weighted by Gasteiger charge is -2.16. The van der Waals surface area contributed by atoms with Crippen LogP contribution in [0.3, 0.4) is 0 Å². The molecule has 5 rings (SSSR count). The monoisotopic (exact) mass is 433 g/mol. The Hall–Kier alpha value is -2.46. The van der Waals surface area contributed by atoms with Gasteiger partial charge in [0.1, 0.15) is 16.7 Å². The summed E-state index contributed by atoms with van der Waals surface area (Å²) >= 11 is 0. The van der Waals surface area contributed by atoms with Crippen LogP contribution in [0.1, 0.15) is 42.5 Å². The Bertz CT molecular complexity index is 1200. The number of nitrogens with zero attached hydrogens (tertiary/aromatic N) is 3. The number of aryl methyl sites for hydroxylation is 1. The number of amides is 2. The Balaban J connectivity index is 1.48. The minimum atomic E-state index is -3.57. The number of alkyl halides is 1. The largest absolute Gasteiger partial charge is 0.469 e. The van der Waals surface area contributed by atoms with Crippen molar-refractivity contribution < 1.29 is 18.1 Å². The summed E-state index contributed by atoms with van der Waals surface area (Å²) in [4.78, 5) is 12.8. The third-order valence-corrected chi connectivity index (χ3v) is 7.24. The van der Waals surface area contributed by atoms with Crippen LogP contribution in [0.15, 0.2) is 21.5 Å². The minimum Gasteiger partial charge on any atom is -0.469 e. The van der Waals surface area contributed by atoms with Crippen LogP contribution in [0.4, 0.5) is 14.9 Å². The molecule has 1 unspecified atom stereocenters. The zero-order chi connectivity index (χ0) is 21.3. The van der Waals surface area contributed by atoms with Gasteiger partial charge in [0.15, 0.2) is 9.92 Å². The number of nitrogens with two attached hydrogens (primary N) is 1. The molecule has 0 fully saturated rings. The van der Waals surface area contributed by atoms with E-state index >= 15 is 0 Å². The number of carbonyl (C=O) groups excluding carboxylic acids is 1. The van der Waals surface area contributed by atoms with Crippen molar-refractivity contribution in [2.45, 2.75) is 69.2 Å². The predicted octanol–water partition coefficient (Wildman–Crippen LogP) is 2.91. The van der Waals surface area contributed by atoms with Gasteiger partial charge in [0.05, 0.1) is 12.7 Å². The Morgan fingerprint density at radius 1 is 1.37 bits per heavy atom. The van der Waals surface area contributed by atoms with Crippen molar-refractivity contribution in [3.63, 3.8) is 0 Å². The highest BCUT2D eigenvalue weighted by molar-refractivity contribution is 7.91. The molecule has 1 aromatic carbocycles. The first kappa shape index (κ1) is 19.5. The minimum absolute atomic E-state index is 0.0931. The van der Waals surface area contributed by atoms with Gasteiger partial charge < -0.3 is 10.1 Å². The summed E-state index contributed by atoms with van der Waals surface area (Å²) in [5, 5.41) is 12.9. The molecule has 2 aromatic rings. The zero-order valence-corrected chi connectivity index (χ0v) is 17.7. The van der Waals surface area contributed by atoms with E-state index in [0.29, 0.717) is 18.7 Å². The molecule has 0 spiro atoms. The van der Waals surface area contributed by atoms with E-state index in [2.05, 4.69) is 20.8 Å². The third kappa shape index (κ3) is 3.18. The van der Waals surface area contributed by atoms with Gasteiger partial charge >= 0.3 is 6.03 Å². The van der Waals surface area contributed by atoms with Crippen molar-refractivity contribution >= 4 is 21.6 Å². The summed E-state index contributed by atoms with van der Waals surface area (Å²) in [7, 11) is -3.57. The molecule has 160 valence electrons. The second kappa shape index (κ2) is 6.52. The number of benzene rings is 1. The van der Waals surface area contributed by atoms with Crippen LogP contribution in [-0.4, -0.2) is 31.8 Å². The van der Waals surface area contributed by atoms with Crippen LogP contribution in [-0.2, 0) is 42.1 Å². The number of halogens is 1. The topological polar surface area (TPSA) is 112 Å². The molecule has 0 saturated carbocycles. The zero-order valence-electron chi connectivity index (χ0n) is 16.9. The number of fused-ring (bicyclic) bond motifs is 3. The number of rotatable bonds is 2. The van der Waals surface area contributed by atoms with E-state index in [1.165, 1.54) is 6.20 Å². The van der Waals surface area contributed by atoms with Crippen LogP contribution in [0.2, 0.25) is 0 Å². The third-order valence-electron chi connectivity index (χ3n) is 5.90. The van der Waals surface area contributed by atoms with Gasteiger partial charge in [0.25, 0.3) is 0 Å². The second-order valence-electron chi connectivity index (χ2n) is 8.81. The van der Waals surface area contributed by atoms with Crippen molar-refractivity contribution in [1.29, 1.82) is 0 Å². The van der Waals surface area contributed by atoms with E-state index in [0.717, 1.165) is 41.5 Å². The molecule has 2 amide bonds. The van der Waals surface area contributed by atoms with Gasteiger partial charge in [-0.3, -0.25) is 0 Å². The molecule has 2 aliphatic carbocycles. The fourth-order valence-corrected chi connectivity index (χ4v) is 5.67. The lowest BCUT2D eigenvalue weighted by molar-refractivity contribution is 0.132. The van der Waals surface area contributed by atoms with Gasteiger partial charge in [-0.1, -0.05) is 6.07 Å². The number of hydrogen-bond donors (Lipinski definition) is 2. The first-order valence-electron chi connectivity index (χ1n) is 10.0. The van der Waals surface area contributed by atoms with Crippen LogP contribution in [0.25, 0.3) is 0 Å². The lowest BCUT2D eigenvalue weighted by Crippen LogP contribution is -2.27. The number of aromatic nitrogens is 2. The van der Waals surface area contributed by atoms with Crippen molar-refractivity contribution in [3.05, 3.63) is 34.5 Å². The Labute approximate surface area is 174 Å². The first-order chi connectivity index (χ1) is 14.1. The number of urea groups is 1. The molecule has 1 aliphatic heterocycles. The highest BCUT2D eigenvalue weighted by atomic mass is 32.2. The highest BCUT2D eigenvalue weighted by Crippen LogP contribution is 2.39. The maximum absolute atomic E-state index is 14.0. The molecule has 3 N–H and O–H groups in total. The number of carbonyl (C=O) groups is 1. The predicted molar refractivity (Wildman–Crippen MR) is 110 cm³/mol. The number of hydrogen-bond acceptors (Lipinski definition) is 4. The molecule has 2 atom stereocenters. The first-order valence-corrected chi connectivity index (χ1v) is 11.6. The summed E-state index contributed by atoms with van der Waals surface area (Å²) in [6.07, 6.45) is 3.69. The quantitative estimate of drug-likeness (QED) is 0.758. The van der Waals surface area contributed by atoms with E-state index in [-0.39, 0.29) is 17.2 Å². The maximum atomic E-state index is 14.0. The smallest absolute Gasteiger partial charge is 0.354 e. The number of ether oxygens (including phenoxy) is 1. The Morgan fingerprint density at radius 2 is 2.17 bits per heavy atom. The van der Waals surface area contributed by atoms with Gasteiger partial charge in [0, 0.05) is 18.5 Å². The normalized spacial score (nSPS) is 22.6. The Morgan fingerprint density at radius 3 is 2.97 bits per heavy atom. The Kier molecular flexibility index (Phi) is 4.24. The molecule has 1 aromatic heterocycles. The summed E-state index contributed by atoms with van der Waals surface area (Å²) in [6.45, 7) is 4.24. The van der Waals surface area contributed by atoms with Crippen molar-refractivity contribution in [2.24, 2.45) is 9.50 Å². The molecule has 0 radical (unpaired) electrons. The van der Waals surface area contributed by atoms with Gasteiger partial charge in [0.2, 0.25) is 5.88 Å². The molecule has 30 heavy (non-hydrogen) atoms. The molecule has 10 heteroatoms. The van der Waals surface area contributed by atoms with Crippen molar-refractivity contribution in [2.75, 3.05) is 5.32 Å². The average molecular weight is 434 g/mol. The molecule has 3 aliphatic rings. The van der Waals surface area contributed by atoms with E-state index in [1.807, 2.05) is 13.8 Å². The van der Waals surface area contributed by atoms with Gasteiger partial charge in [-0.25, -0.2) is 23.2 Å². The lowest BCUT2D eigenvalue weighted by atomic mass is 9.99. The van der Waals surface area contributed by atoms with Crippen LogP contribution >= 0.6 is 0 Å². The fourth-order valence-electron chi connectivity index (χ4n) is 4.68. The van der Waals surface area contributed by atoms with Gasteiger partial charge in [-0.05, 0) is 55.4 Å². The van der Waals surface area contributed by atoms with Gasteiger partial charge in [-0.15, -0.1) is 4.36 Å². The summed E-state index contributed by atoms with van der Waals surface area (Å²) in [6, 6.07) is 1.25. The molecule has 0 bridgehead atoms. The van der Waals surface area contributed by atoms with Crippen LogP contribution in [0.5, 0.6) is 5.88 Å². The molecular weight excluding hydrogens is 409 g/mol. The summed E-state index contributed by atoms with van der Waals surface area (Å²) < 4.78 is 38.3. The van der Waals surface area contributed by atoms with Crippen molar-refractivity contribution in [3.8, 4) is 5.88 Å². The molecular formula is C20H24FN5O3S. The molecule has 8 nitrogen and oxygen atoms in total. The maximum Gasteiger partial charge on any atom is 0.354 e. The number of anilines is 1. The average Bonchev–Trinajstić information content (AvgIpc) is 3.36. The van der Waals surface area contributed by atoms with Crippen molar-refractivity contribution in [1.82, 2.24) is 9.78 Å². The second-order valence-corrected chi connectivity index (χ2v) is 10.6. The highest BCUT2D eigenvalue weighted by Gasteiger charge is 2.36. The summed E-state index contributed by atoms with van der Waals surface area (Å²) in [5.41, 5.74) is 4.00. The van der Waals surface area contributed by atoms with Gasteiger partial charge in [-0.2, -0.15) is 5.10 Å². The number of nitrogens with one attached hydrogen (secondary N) is 1. The molecule has 0 saturated heterocycles.